The van der Waals surface area contributed by atoms with E-state index in [1.807, 2.05) is 0 Å². The third kappa shape index (κ3) is 20.6. The van der Waals surface area contributed by atoms with Crippen LogP contribution in [0.15, 0.2) is 34.3 Å². The zero-order valence-electron chi connectivity index (χ0n) is 43.0. The summed E-state index contributed by atoms with van der Waals surface area (Å²) in [4.78, 5) is 143. The number of hydrogen-bond donors (Lipinski definition) is 14. The molecule has 9 amide bonds. The van der Waals surface area contributed by atoms with Crippen molar-refractivity contribution in [3.63, 3.8) is 0 Å². The molecule has 2 saturated heterocycles. The molecule has 3 rings (SSSR count). The summed E-state index contributed by atoms with van der Waals surface area (Å²) in [7, 11) is 0. The van der Waals surface area contributed by atoms with Gasteiger partial charge in [0.1, 0.15) is 54.1 Å². The quantitative estimate of drug-likeness (QED) is 0.0203. The van der Waals surface area contributed by atoms with Gasteiger partial charge in [-0.3, -0.25) is 53.1 Å². The Balaban J connectivity index is 1.66. The van der Waals surface area contributed by atoms with Crippen LogP contribution in [0.4, 0.5) is 0 Å². The van der Waals surface area contributed by atoms with Crippen LogP contribution >= 0.6 is 0 Å². The van der Waals surface area contributed by atoms with E-state index in [4.69, 9.17) is 28.7 Å². The van der Waals surface area contributed by atoms with E-state index in [-0.39, 0.29) is 101 Å². The molecular formula is C47H76N16O12. The molecule has 2 aliphatic heterocycles. The average molecular weight is 1060 g/mol. The number of amides is 9. The molecule has 0 unspecified atom stereocenters. The van der Waals surface area contributed by atoms with Gasteiger partial charge in [0.15, 0.2) is 11.9 Å². The van der Waals surface area contributed by atoms with Gasteiger partial charge in [0.25, 0.3) is 0 Å². The van der Waals surface area contributed by atoms with E-state index in [9.17, 15) is 58.2 Å². The molecule has 2 aliphatic rings. The molecule has 28 heteroatoms. The van der Waals surface area contributed by atoms with Crippen LogP contribution in [0.3, 0.4) is 0 Å². The first-order valence-electron chi connectivity index (χ1n) is 24.9. The monoisotopic (exact) mass is 1060 g/mol. The van der Waals surface area contributed by atoms with Gasteiger partial charge < -0.3 is 85.9 Å². The smallest absolute Gasteiger partial charge is 0.326 e. The summed E-state index contributed by atoms with van der Waals surface area (Å²) >= 11 is 0. The maximum Gasteiger partial charge on any atom is 0.326 e. The van der Waals surface area contributed by atoms with Gasteiger partial charge in [0.05, 0.1) is 13.1 Å². The molecule has 19 N–H and O–H groups in total. The number of rotatable bonds is 29. The summed E-state index contributed by atoms with van der Waals surface area (Å²) in [6.45, 7) is 5.99. The van der Waals surface area contributed by atoms with Crippen LogP contribution in [0, 0.1) is 5.92 Å². The minimum Gasteiger partial charge on any atom is -0.508 e. The normalized spacial score (nSPS) is 17.4. The second kappa shape index (κ2) is 30.4. The molecule has 28 nitrogen and oxygen atoms in total. The number of aliphatic carboxylic acids is 1. The second-order valence-corrected chi connectivity index (χ2v) is 18.9. The van der Waals surface area contributed by atoms with Gasteiger partial charge in [-0.1, -0.05) is 26.0 Å². The Kier molecular flexibility index (Phi) is 25.0. The van der Waals surface area contributed by atoms with Crippen molar-refractivity contribution in [1.82, 2.24) is 47.0 Å². The van der Waals surface area contributed by atoms with Crippen molar-refractivity contribution in [2.24, 2.45) is 44.6 Å². The van der Waals surface area contributed by atoms with Crippen molar-refractivity contribution in [2.75, 3.05) is 39.3 Å². The number of nitrogens with one attached hydrogen (secondary N) is 7. The fourth-order valence-corrected chi connectivity index (χ4v) is 8.40. The first-order valence-corrected chi connectivity index (χ1v) is 24.9. The molecule has 1 aromatic carbocycles. The number of nitrogens with two attached hydrogens (primary N) is 5. The van der Waals surface area contributed by atoms with E-state index < -0.39 is 114 Å². The van der Waals surface area contributed by atoms with Crippen LogP contribution in [-0.2, 0) is 54.4 Å². The van der Waals surface area contributed by atoms with Crippen molar-refractivity contribution in [3.05, 3.63) is 29.8 Å². The molecule has 75 heavy (non-hydrogen) atoms. The molecule has 2 fully saturated rings. The summed E-state index contributed by atoms with van der Waals surface area (Å²) in [5, 5.41) is 37.4. The second-order valence-electron chi connectivity index (χ2n) is 18.9. The third-order valence-corrected chi connectivity index (χ3v) is 12.3. The Labute approximate surface area is 434 Å². The number of carbonyl (C=O) groups is 10. The lowest BCUT2D eigenvalue weighted by Crippen LogP contribution is -2.58. The van der Waals surface area contributed by atoms with Crippen molar-refractivity contribution >= 4 is 71.1 Å². The van der Waals surface area contributed by atoms with E-state index in [1.54, 1.807) is 26.0 Å². The zero-order chi connectivity index (χ0) is 55.9. The number of nitrogens with zero attached hydrogens (tertiary/aromatic N) is 4. The Hall–Kier alpha value is -7.78. The van der Waals surface area contributed by atoms with Crippen LogP contribution < -0.4 is 65.9 Å². The SMILES string of the molecule is CC(C)C[C@H](NC(=O)[C@H](C)NC(=O)[C@@H]1CCCN1C(=O)CNC(=O)[C@H](Cc1ccc(O)cc1)NC(=O)[C@@H]1CCCN1C(=O)[C@H](CCCN=C(N)N)NC(=O)CN)C(=O)N[C@@H](C)C(=O)N[C@@H](CCCN=C(N)N)C(=O)O. The highest BCUT2D eigenvalue weighted by molar-refractivity contribution is 5.98. The number of phenolic OH excluding ortho intramolecular Hbond substituents is 1. The predicted octanol–water partition coefficient (Wildman–Crippen LogP) is -4.82. The van der Waals surface area contributed by atoms with Gasteiger partial charge in [0.2, 0.25) is 53.2 Å². The van der Waals surface area contributed by atoms with Gasteiger partial charge in [-0.15, -0.1) is 0 Å². The lowest BCUT2D eigenvalue weighted by Gasteiger charge is -2.30. The van der Waals surface area contributed by atoms with Crippen LogP contribution in [0.5, 0.6) is 5.75 Å². The van der Waals surface area contributed by atoms with Crippen LogP contribution in [0.25, 0.3) is 0 Å². The van der Waals surface area contributed by atoms with E-state index in [0.717, 1.165) is 0 Å². The number of carboxylic acid groups (broad SMARTS) is 1. The molecule has 0 radical (unpaired) electrons. The number of likely N-dealkylation sites (tertiary alicyclic amines) is 2. The number of hydrogen-bond acceptors (Lipinski definition) is 14. The average Bonchev–Trinajstić information content (AvgIpc) is 4.06. The predicted molar refractivity (Wildman–Crippen MR) is 273 cm³/mol. The van der Waals surface area contributed by atoms with Gasteiger partial charge in [0, 0.05) is 32.6 Å². The maximum absolute atomic E-state index is 14.0. The van der Waals surface area contributed by atoms with Gasteiger partial charge in [-0.2, -0.15) is 0 Å². The molecule has 0 spiro atoms. The van der Waals surface area contributed by atoms with Crippen molar-refractivity contribution < 1.29 is 58.2 Å². The Morgan fingerprint density at radius 1 is 0.640 bits per heavy atom. The largest absolute Gasteiger partial charge is 0.508 e. The number of phenols is 1. The molecule has 1 aromatic rings. The van der Waals surface area contributed by atoms with Gasteiger partial charge >= 0.3 is 5.97 Å². The molecule has 8 atom stereocenters. The van der Waals surface area contributed by atoms with Crippen molar-refractivity contribution in [1.29, 1.82) is 0 Å². The number of guanidine groups is 2. The number of carboxylic acids is 1. The topological polar surface area (TPSA) is 457 Å². The maximum atomic E-state index is 14.0. The molecule has 2 heterocycles. The van der Waals surface area contributed by atoms with Crippen LogP contribution in [0.2, 0.25) is 0 Å². The lowest BCUT2D eigenvalue weighted by molar-refractivity contribution is -0.142. The highest BCUT2D eigenvalue weighted by atomic mass is 16.4. The van der Waals surface area contributed by atoms with Gasteiger partial charge in [-0.25, -0.2) is 4.79 Å². The summed E-state index contributed by atoms with van der Waals surface area (Å²) < 4.78 is 0. The van der Waals surface area contributed by atoms with Gasteiger partial charge in [-0.05, 0) is 95.2 Å². The number of aromatic hydroxyl groups is 1. The minimum atomic E-state index is -1.30. The fourth-order valence-electron chi connectivity index (χ4n) is 8.40. The summed E-state index contributed by atoms with van der Waals surface area (Å²) in [6.07, 6.45) is 2.05. The Bertz CT molecular complexity index is 2240. The van der Waals surface area contributed by atoms with E-state index in [2.05, 4.69) is 47.2 Å². The van der Waals surface area contributed by atoms with E-state index in [0.29, 0.717) is 24.8 Å². The molecular weight excluding hydrogens is 981 g/mol. The van der Waals surface area contributed by atoms with E-state index in [1.165, 1.54) is 35.8 Å². The molecule has 0 bridgehead atoms. The van der Waals surface area contributed by atoms with Crippen LogP contribution in [0.1, 0.15) is 91.0 Å². The Morgan fingerprint density at radius 2 is 1.16 bits per heavy atom. The Morgan fingerprint density at radius 3 is 1.71 bits per heavy atom. The molecule has 416 valence electrons. The minimum absolute atomic E-state index is 0.00326. The van der Waals surface area contributed by atoms with Crippen LogP contribution in [-0.4, -0.2) is 179 Å². The summed E-state index contributed by atoms with van der Waals surface area (Å²) in [5.74, 6) is -7.94. The number of aliphatic imine (C=N–C) groups is 2. The highest BCUT2D eigenvalue weighted by Crippen LogP contribution is 2.22. The first kappa shape index (κ1) is 61.5. The first-order chi connectivity index (χ1) is 35.4. The molecule has 0 aromatic heterocycles. The summed E-state index contributed by atoms with van der Waals surface area (Å²) in [5.41, 5.74) is 27.5. The van der Waals surface area contributed by atoms with Crippen molar-refractivity contribution in [2.45, 2.75) is 140 Å². The standard InChI is InChI=1S/C47H76N16O12/c1-25(2)21-32(41(70)56-26(3)38(67)59-31(45(74)75)10-6-18-54-47(51)52)60-39(68)27(4)57-42(71)34-11-7-19-62(34)37(66)24-55-40(69)33(22-28-13-15-29(64)16-14-28)61-43(72)35-12-8-20-63(35)44(73)30(58-36(65)23-48)9-5-17-53-46(49)50/h13-16,25-27,30-35,64H,5-12,17-24,48H2,1-4H3,(H,55,69)(H,56,70)(H,57,71)(H,58,65)(H,59,67)(H,60,68)(H,61,72)(H,74,75)(H4,49,50,53)(H4,51,52,54)/t26-,27-,30-,31-,32-,33-,34-,35-/m0/s1. The zero-order valence-corrected chi connectivity index (χ0v) is 43.0. The fraction of sp³-hybridized carbons (Fsp3) is 0.617. The van der Waals surface area contributed by atoms with Crippen molar-refractivity contribution in [3.8, 4) is 5.75 Å². The lowest BCUT2D eigenvalue weighted by atomic mass is 10.0. The highest BCUT2D eigenvalue weighted by Gasteiger charge is 2.40. The third-order valence-electron chi connectivity index (χ3n) is 12.3. The van der Waals surface area contributed by atoms with E-state index >= 15 is 0 Å². The summed E-state index contributed by atoms with van der Waals surface area (Å²) in [6, 6.07) is -3.41. The molecule has 0 aliphatic carbocycles. The molecule has 0 saturated carbocycles. The number of benzene rings is 1. The number of carbonyl (C=O) groups excluding carboxylic acids is 9.